The summed E-state index contributed by atoms with van der Waals surface area (Å²) in [6.07, 6.45) is 2.49. The molecule has 0 saturated carbocycles. The number of amides is 1. The van der Waals surface area contributed by atoms with Crippen molar-refractivity contribution in [2.75, 3.05) is 26.7 Å². The minimum Gasteiger partial charge on any atom is -0.353 e. The summed E-state index contributed by atoms with van der Waals surface area (Å²) in [4.78, 5) is 14.0. The molecule has 1 saturated heterocycles. The van der Waals surface area contributed by atoms with Crippen molar-refractivity contribution in [2.45, 2.75) is 31.8 Å². The zero-order valence-corrected chi connectivity index (χ0v) is 15.0. The third-order valence-electron chi connectivity index (χ3n) is 3.87. The number of carbonyl (C=O) groups is 1. The lowest BCUT2D eigenvalue weighted by Gasteiger charge is -2.32. The molecule has 132 valence electrons. The molecule has 0 bridgehead atoms. The molecule has 23 heavy (non-hydrogen) atoms. The van der Waals surface area contributed by atoms with Gasteiger partial charge in [-0.2, -0.15) is 0 Å². The number of carbonyl (C=O) groups excluding carboxylic acids is 1. The first-order chi connectivity index (χ1) is 10.2. The van der Waals surface area contributed by atoms with Crippen molar-refractivity contribution in [3.63, 3.8) is 0 Å². The van der Waals surface area contributed by atoms with Crippen molar-refractivity contribution in [1.82, 2.24) is 15.5 Å². The topological polar surface area (TPSA) is 44.4 Å². The maximum absolute atomic E-state index is 12.9. The summed E-state index contributed by atoms with van der Waals surface area (Å²) in [5.41, 5.74) is 1.13. The van der Waals surface area contributed by atoms with Crippen LogP contribution in [0.15, 0.2) is 24.3 Å². The monoisotopic (exact) mass is 365 g/mol. The minimum absolute atomic E-state index is 0. The van der Waals surface area contributed by atoms with E-state index >= 15 is 0 Å². The molecule has 1 aliphatic rings. The molecule has 0 spiro atoms. The van der Waals surface area contributed by atoms with E-state index in [1.165, 1.54) is 12.1 Å². The fourth-order valence-electron chi connectivity index (χ4n) is 2.62. The van der Waals surface area contributed by atoms with Crippen LogP contribution in [-0.2, 0) is 11.3 Å². The van der Waals surface area contributed by atoms with Gasteiger partial charge >= 0.3 is 0 Å². The number of likely N-dealkylation sites (tertiary alicyclic amines) is 1. The van der Waals surface area contributed by atoms with Crippen molar-refractivity contribution in [3.8, 4) is 0 Å². The average Bonchev–Trinajstić information content (AvgIpc) is 2.49. The van der Waals surface area contributed by atoms with Crippen LogP contribution in [0.2, 0.25) is 0 Å². The van der Waals surface area contributed by atoms with E-state index in [1.807, 2.05) is 19.2 Å². The van der Waals surface area contributed by atoms with E-state index in [0.717, 1.165) is 44.6 Å². The van der Waals surface area contributed by atoms with Gasteiger partial charge in [-0.05, 0) is 37.6 Å². The highest BCUT2D eigenvalue weighted by molar-refractivity contribution is 5.85. The second kappa shape index (κ2) is 11.6. The lowest BCUT2D eigenvalue weighted by Crippen LogP contribution is -2.44. The Kier molecular flexibility index (Phi) is 11.2. The SMILES string of the molecule is CNCCC(=O)NC1CCN(Cc2ccc(F)cc2)CC1.Cl.Cl. The second-order valence-corrected chi connectivity index (χ2v) is 5.60. The van der Waals surface area contributed by atoms with Crippen molar-refractivity contribution in [1.29, 1.82) is 0 Å². The normalized spacial score (nSPS) is 15.4. The molecule has 7 heteroatoms. The molecule has 0 aliphatic carbocycles. The van der Waals surface area contributed by atoms with Gasteiger partial charge in [-0.1, -0.05) is 12.1 Å². The maximum atomic E-state index is 12.9. The first kappa shape index (κ1) is 22.1. The van der Waals surface area contributed by atoms with Gasteiger partial charge in [0.25, 0.3) is 0 Å². The van der Waals surface area contributed by atoms with Gasteiger partial charge in [0.05, 0.1) is 0 Å². The van der Waals surface area contributed by atoms with Gasteiger partial charge in [0, 0.05) is 38.6 Å². The molecule has 1 heterocycles. The summed E-state index contributed by atoms with van der Waals surface area (Å²) in [6, 6.07) is 6.97. The molecule has 0 atom stereocenters. The molecular weight excluding hydrogens is 340 g/mol. The molecule has 1 aromatic carbocycles. The van der Waals surface area contributed by atoms with Gasteiger partial charge in [0.2, 0.25) is 5.91 Å². The number of piperidine rings is 1. The van der Waals surface area contributed by atoms with Crippen LogP contribution >= 0.6 is 24.8 Å². The number of nitrogens with zero attached hydrogens (tertiary/aromatic N) is 1. The Morgan fingerprint density at radius 2 is 1.83 bits per heavy atom. The van der Waals surface area contributed by atoms with E-state index in [4.69, 9.17) is 0 Å². The predicted molar refractivity (Wildman–Crippen MR) is 95.9 cm³/mol. The largest absolute Gasteiger partial charge is 0.353 e. The van der Waals surface area contributed by atoms with Crippen LogP contribution in [0.5, 0.6) is 0 Å². The van der Waals surface area contributed by atoms with E-state index in [1.54, 1.807) is 0 Å². The van der Waals surface area contributed by atoms with Crippen molar-refractivity contribution < 1.29 is 9.18 Å². The zero-order valence-electron chi connectivity index (χ0n) is 13.4. The molecule has 1 amide bonds. The number of hydrogen-bond acceptors (Lipinski definition) is 3. The van der Waals surface area contributed by atoms with E-state index in [9.17, 15) is 9.18 Å². The maximum Gasteiger partial charge on any atom is 0.221 e. The first-order valence-corrected chi connectivity index (χ1v) is 7.58. The molecule has 0 aromatic heterocycles. The third-order valence-corrected chi connectivity index (χ3v) is 3.87. The number of halogens is 3. The summed E-state index contributed by atoms with van der Waals surface area (Å²) < 4.78 is 12.9. The van der Waals surface area contributed by atoms with Crippen LogP contribution in [0.3, 0.4) is 0 Å². The highest BCUT2D eigenvalue weighted by Crippen LogP contribution is 2.14. The lowest BCUT2D eigenvalue weighted by molar-refractivity contribution is -0.122. The summed E-state index contributed by atoms with van der Waals surface area (Å²) >= 11 is 0. The van der Waals surface area contributed by atoms with Crippen LogP contribution in [0.25, 0.3) is 0 Å². The van der Waals surface area contributed by atoms with Crippen molar-refractivity contribution >= 4 is 30.7 Å². The average molecular weight is 366 g/mol. The minimum atomic E-state index is -0.193. The van der Waals surface area contributed by atoms with Crippen molar-refractivity contribution in [3.05, 3.63) is 35.6 Å². The Morgan fingerprint density at radius 3 is 2.39 bits per heavy atom. The fourth-order valence-corrected chi connectivity index (χ4v) is 2.62. The summed E-state index contributed by atoms with van der Waals surface area (Å²) in [7, 11) is 1.85. The van der Waals surface area contributed by atoms with Crippen LogP contribution in [0.4, 0.5) is 4.39 Å². The third kappa shape index (κ3) is 7.97. The molecule has 4 nitrogen and oxygen atoms in total. The van der Waals surface area contributed by atoms with Gasteiger partial charge in [0.15, 0.2) is 0 Å². The summed E-state index contributed by atoms with van der Waals surface area (Å²) in [6.45, 7) is 3.50. The van der Waals surface area contributed by atoms with E-state index in [-0.39, 0.29) is 36.5 Å². The molecule has 2 N–H and O–H groups in total. The van der Waals surface area contributed by atoms with Crippen molar-refractivity contribution in [2.24, 2.45) is 0 Å². The number of benzene rings is 1. The quantitative estimate of drug-likeness (QED) is 0.813. The Balaban J connectivity index is 0.00000242. The van der Waals surface area contributed by atoms with Gasteiger partial charge in [0.1, 0.15) is 5.82 Å². The van der Waals surface area contributed by atoms with E-state index < -0.39 is 0 Å². The standard InChI is InChI=1S/C16H24FN3O.2ClH/c1-18-9-6-16(21)19-15-7-10-20(11-8-15)12-13-2-4-14(17)5-3-13;;/h2-5,15,18H,6-12H2,1H3,(H,19,21);2*1H. The molecule has 2 rings (SSSR count). The van der Waals surface area contributed by atoms with E-state index in [2.05, 4.69) is 15.5 Å². The van der Waals surface area contributed by atoms with Gasteiger partial charge in [-0.3, -0.25) is 9.69 Å². The van der Waals surface area contributed by atoms with Gasteiger partial charge in [-0.15, -0.1) is 24.8 Å². The summed E-state index contributed by atoms with van der Waals surface area (Å²) in [5, 5.41) is 6.07. The molecule has 0 unspecified atom stereocenters. The molecule has 1 aliphatic heterocycles. The Morgan fingerprint density at radius 1 is 1.22 bits per heavy atom. The Bertz CT molecular complexity index is 451. The van der Waals surface area contributed by atoms with Crippen LogP contribution in [0, 0.1) is 5.82 Å². The van der Waals surface area contributed by atoms with Crippen LogP contribution < -0.4 is 10.6 Å². The molecule has 1 aromatic rings. The Hall–Kier alpha value is -0.880. The predicted octanol–water partition coefficient (Wildman–Crippen LogP) is 2.36. The number of rotatable bonds is 6. The first-order valence-electron chi connectivity index (χ1n) is 7.58. The highest BCUT2D eigenvalue weighted by atomic mass is 35.5. The molecular formula is C16H26Cl2FN3O. The molecule has 1 fully saturated rings. The highest BCUT2D eigenvalue weighted by Gasteiger charge is 2.20. The van der Waals surface area contributed by atoms with Gasteiger partial charge < -0.3 is 10.6 Å². The lowest BCUT2D eigenvalue weighted by atomic mass is 10.0. The number of nitrogens with one attached hydrogen (secondary N) is 2. The van der Waals surface area contributed by atoms with E-state index in [0.29, 0.717) is 12.5 Å². The summed E-state index contributed by atoms with van der Waals surface area (Å²) in [5.74, 6) is -0.0666. The van der Waals surface area contributed by atoms with Gasteiger partial charge in [-0.25, -0.2) is 4.39 Å². The molecule has 0 radical (unpaired) electrons. The number of hydrogen-bond donors (Lipinski definition) is 2. The zero-order chi connectivity index (χ0) is 15.1. The second-order valence-electron chi connectivity index (χ2n) is 5.60. The smallest absolute Gasteiger partial charge is 0.221 e. The van der Waals surface area contributed by atoms with Crippen LogP contribution in [-0.4, -0.2) is 43.5 Å². The fraction of sp³-hybridized carbons (Fsp3) is 0.562. The van der Waals surface area contributed by atoms with Crippen LogP contribution in [0.1, 0.15) is 24.8 Å². The Labute approximate surface area is 150 Å².